The van der Waals surface area contributed by atoms with Crippen LogP contribution in [0.3, 0.4) is 0 Å². The number of benzene rings is 2. The van der Waals surface area contributed by atoms with Gasteiger partial charge in [-0.15, -0.1) is 11.3 Å². The Morgan fingerprint density at radius 1 is 1.03 bits per heavy atom. The van der Waals surface area contributed by atoms with Gasteiger partial charge in [-0.1, -0.05) is 0 Å². The third kappa shape index (κ3) is 5.03. The molecule has 3 heterocycles. The Morgan fingerprint density at radius 3 is 2.49 bits per heavy atom. The van der Waals surface area contributed by atoms with Crippen molar-refractivity contribution in [2.45, 2.75) is 13.0 Å². The van der Waals surface area contributed by atoms with E-state index in [1.54, 1.807) is 29.9 Å². The quantitative estimate of drug-likeness (QED) is 0.383. The highest BCUT2D eigenvalue weighted by molar-refractivity contribution is 7.09. The third-order valence-corrected chi connectivity index (χ3v) is 7.24. The van der Waals surface area contributed by atoms with E-state index in [1.807, 2.05) is 31.2 Å². The average Bonchev–Trinajstić information content (AvgIpc) is 3.55. The highest BCUT2D eigenvalue weighted by Gasteiger charge is 2.18. The standard InChI is InChI=1S/C25H27N7O2S/c1-16(22-14-26-15-35-22)27-25(34)18-5-8-21-20(13-18)23(30-29-21)28-24(33)17-3-6-19(7-4-17)32-11-9-31(2)10-12-32/h3-8,13-16H,9-12H2,1-2H3,(H,27,34)(H2,28,29,30,33). The first-order chi connectivity index (χ1) is 17.0. The molecule has 3 N–H and O–H groups in total. The number of likely N-dealkylation sites (N-methyl/N-ethyl adjacent to an activating group) is 1. The normalized spacial score (nSPS) is 15.2. The molecule has 0 aliphatic carbocycles. The van der Waals surface area contributed by atoms with Crippen LogP contribution in [0.1, 0.15) is 38.6 Å². The summed E-state index contributed by atoms with van der Waals surface area (Å²) in [7, 11) is 2.13. The summed E-state index contributed by atoms with van der Waals surface area (Å²) in [5.41, 5.74) is 4.62. The van der Waals surface area contributed by atoms with E-state index in [1.165, 1.54) is 11.3 Å². The van der Waals surface area contributed by atoms with Gasteiger partial charge in [0.05, 0.1) is 17.1 Å². The number of anilines is 2. The first-order valence-electron chi connectivity index (χ1n) is 11.5. The zero-order valence-electron chi connectivity index (χ0n) is 19.6. The minimum absolute atomic E-state index is 0.150. The van der Waals surface area contributed by atoms with E-state index in [2.05, 4.69) is 42.7 Å². The summed E-state index contributed by atoms with van der Waals surface area (Å²) in [4.78, 5) is 35.4. The van der Waals surface area contributed by atoms with Gasteiger partial charge in [-0.05, 0) is 56.4 Å². The van der Waals surface area contributed by atoms with Crippen molar-refractivity contribution in [3.63, 3.8) is 0 Å². The molecule has 0 bridgehead atoms. The van der Waals surface area contributed by atoms with Crippen LogP contribution in [-0.2, 0) is 0 Å². The molecule has 2 aromatic carbocycles. The monoisotopic (exact) mass is 489 g/mol. The largest absolute Gasteiger partial charge is 0.369 e. The SMILES string of the molecule is CC(NC(=O)c1ccc2[nH]nc(NC(=O)c3ccc(N4CCN(C)CC4)cc3)c2c1)c1cncs1. The van der Waals surface area contributed by atoms with Gasteiger partial charge in [0.1, 0.15) is 0 Å². The molecule has 1 aliphatic rings. The Kier molecular flexibility index (Phi) is 6.47. The lowest BCUT2D eigenvalue weighted by atomic mass is 10.1. The molecule has 2 aromatic heterocycles. The first kappa shape index (κ1) is 23.0. The first-order valence-corrected chi connectivity index (χ1v) is 12.4. The van der Waals surface area contributed by atoms with Gasteiger partial charge in [0.15, 0.2) is 5.82 Å². The highest BCUT2D eigenvalue weighted by Crippen LogP contribution is 2.24. The predicted octanol–water partition coefficient (Wildman–Crippen LogP) is 3.51. The zero-order valence-corrected chi connectivity index (χ0v) is 20.4. The number of aromatic amines is 1. The number of carbonyl (C=O) groups excluding carboxylic acids is 2. The van der Waals surface area contributed by atoms with Crippen molar-refractivity contribution >= 4 is 45.6 Å². The van der Waals surface area contributed by atoms with Crippen LogP contribution in [0.2, 0.25) is 0 Å². The summed E-state index contributed by atoms with van der Waals surface area (Å²) in [6.45, 7) is 5.92. The maximum Gasteiger partial charge on any atom is 0.256 e. The number of hydrogen-bond donors (Lipinski definition) is 3. The van der Waals surface area contributed by atoms with Gasteiger partial charge in [-0.3, -0.25) is 19.7 Å². The minimum Gasteiger partial charge on any atom is -0.369 e. The summed E-state index contributed by atoms with van der Waals surface area (Å²) in [5, 5.41) is 13.7. The molecule has 1 fully saturated rings. The lowest BCUT2D eigenvalue weighted by Crippen LogP contribution is -2.44. The molecular formula is C25H27N7O2S. The van der Waals surface area contributed by atoms with E-state index < -0.39 is 0 Å². The van der Waals surface area contributed by atoms with E-state index in [4.69, 9.17) is 0 Å². The lowest BCUT2D eigenvalue weighted by Gasteiger charge is -2.34. The maximum atomic E-state index is 12.9. The number of aromatic nitrogens is 3. The van der Waals surface area contributed by atoms with E-state index >= 15 is 0 Å². The van der Waals surface area contributed by atoms with Gasteiger partial charge in [-0.2, -0.15) is 5.10 Å². The number of hydrogen-bond acceptors (Lipinski definition) is 7. The predicted molar refractivity (Wildman–Crippen MR) is 138 cm³/mol. The molecule has 1 saturated heterocycles. The Balaban J connectivity index is 1.28. The van der Waals surface area contributed by atoms with Crippen LogP contribution in [0.25, 0.3) is 10.9 Å². The number of nitrogens with one attached hydrogen (secondary N) is 3. The molecule has 10 heteroatoms. The number of piperazine rings is 1. The number of nitrogens with zero attached hydrogens (tertiary/aromatic N) is 4. The van der Waals surface area contributed by atoms with Crippen molar-refractivity contribution in [3.05, 3.63) is 70.2 Å². The number of H-pyrrole nitrogens is 1. The van der Waals surface area contributed by atoms with Crippen molar-refractivity contribution < 1.29 is 9.59 Å². The van der Waals surface area contributed by atoms with Gasteiger partial charge in [-0.25, -0.2) is 0 Å². The van der Waals surface area contributed by atoms with Gasteiger partial charge in [0.25, 0.3) is 11.8 Å². The van der Waals surface area contributed by atoms with E-state index in [0.29, 0.717) is 22.3 Å². The highest BCUT2D eigenvalue weighted by atomic mass is 32.1. The Labute approximate surface area is 207 Å². The number of rotatable bonds is 6. The summed E-state index contributed by atoms with van der Waals surface area (Å²) < 4.78 is 0. The molecule has 1 aliphatic heterocycles. The molecule has 1 unspecified atom stereocenters. The van der Waals surface area contributed by atoms with Crippen LogP contribution in [0.4, 0.5) is 11.5 Å². The van der Waals surface area contributed by atoms with Crippen LogP contribution in [0.5, 0.6) is 0 Å². The molecule has 0 spiro atoms. The summed E-state index contributed by atoms with van der Waals surface area (Å²) in [6.07, 6.45) is 1.75. The molecule has 4 aromatic rings. The molecule has 9 nitrogen and oxygen atoms in total. The molecule has 0 radical (unpaired) electrons. The van der Waals surface area contributed by atoms with Crippen LogP contribution in [0.15, 0.2) is 54.2 Å². The van der Waals surface area contributed by atoms with E-state index in [-0.39, 0.29) is 17.9 Å². The Bertz CT molecular complexity index is 1330. The summed E-state index contributed by atoms with van der Waals surface area (Å²) >= 11 is 1.50. The van der Waals surface area contributed by atoms with Crippen molar-refractivity contribution in [2.24, 2.45) is 0 Å². The summed E-state index contributed by atoms with van der Waals surface area (Å²) in [5.74, 6) is -0.0685. The number of thiazole rings is 1. The fraction of sp³-hybridized carbons (Fsp3) is 0.280. The third-order valence-electron chi connectivity index (χ3n) is 6.28. The lowest BCUT2D eigenvalue weighted by molar-refractivity contribution is 0.0940. The van der Waals surface area contributed by atoms with Crippen molar-refractivity contribution in [2.75, 3.05) is 43.4 Å². The van der Waals surface area contributed by atoms with Crippen LogP contribution in [0, 0.1) is 0 Å². The molecule has 180 valence electrons. The fourth-order valence-corrected chi connectivity index (χ4v) is 4.74. The molecule has 5 rings (SSSR count). The molecule has 0 saturated carbocycles. The van der Waals surface area contributed by atoms with Crippen LogP contribution in [-0.4, -0.2) is 65.1 Å². The number of fused-ring (bicyclic) bond motifs is 1. The Morgan fingerprint density at radius 2 is 1.77 bits per heavy atom. The minimum atomic E-state index is -0.253. The molecule has 1 atom stereocenters. The smallest absolute Gasteiger partial charge is 0.256 e. The fourth-order valence-electron chi connectivity index (χ4n) is 4.11. The second kappa shape index (κ2) is 9.85. The molecule has 35 heavy (non-hydrogen) atoms. The van der Waals surface area contributed by atoms with Crippen molar-refractivity contribution in [1.82, 2.24) is 25.4 Å². The van der Waals surface area contributed by atoms with Gasteiger partial charge in [0.2, 0.25) is 0 Å². The van der Waals surface area contributed by atoms with Crippen molar-refractivity contribution in [3.8, 4) is 0 Å². The second-order valence-corrected chi connectivity index (χ2v) is 9.64. The summed E-state index contributed by atoms with van der Waals surface area (Å²) in [6, 6.07) is 12.7. The number of amides is 2. The zero-order chi connectivity index (χ0) is 24.4. The van der Waals surface area contributed by atoms with Crippen LogP contribution < -0.4 is 15.5 Å². The van der Waals surface area contributed by atoms with Crippen molar-refractivity contribution in [1.29, 1.82) is 0 Å². The van der Waals surface area contributed by atoms with Gasteiger partial charge >= 0.3 is 0 Å². The Hall–Kier alpha value is -3.76. The average molecular weight is 490 g/mol. The molecule has 2 amide bonds. The van der Waals surface area contributed by atoms with E-state index in [0.717, 1.165) is 42.3 Å². The van der Waals surface area contributed by atoms with Gasteiger partial charge < -0.3 is 20.4 Å². The maximum absolute atomic E-state index is 12.9. The number of carbonyl (C=O) groups is 2. The van der Waals surface area contributed by atoms with E-state index in [9.17, 15) is 9.59 Å². The van der Waals surface area contributed by atoms with Crippen LogP contribution >= 0.6 is 11.3 Å². The topological polar surface area (TPSA) is 106 Å². The second-order valence-electron chi connectivity index (χ2n) is 8.72. The van der Waals surface area contributed by atoms with Gasteiger partial charge in [0, 0.05) is 59.5 Å². The molecular weight excluding hydrogens is 462 g/mol.